The van der Waals surface area contributed by atoms with Crippen LogP contribution in [0.1, 0.15) is 19.6 Å². The van der Waals surface area contributed by atoms with Crippen molar-refractivity contribution in [3.8, 4) is 0 Å². The number of amides is 1. The minimum Gasteiger partial charge on any atom is -0.452 e. The lowest BCUT2D eigenvalue weighted by Gasteiger charge is -2.29. The van der Waals surface area contributed by atoms with Gasteiger partial charge in [0.2, 0.25) is 0 Å². The van der Waals surface area contributed by atoms with E-state index in [0.717, 1.165) is 15.1 Å². The number of furan rings is 1. The molecule has 0 aliphatic carbocycles. The van der Waals surface area contributed by atoms with Crippen LogP contribution in [0.2, 0.25) is 0 Å². The molecular weight excluding hydrogens is 507 g/mol. The molecule has 0 saturated heterocycles. The van der Waals surface area contributed by atoms with Crippen LogP contribution in [0.5, 0.6) is 0 Å². The molecule has 1 aromatic heterocycles. The average molecular weight is 530 g/mol. The predicted octanol–water partition coefficient (Wildman–Crippen LogP) is 5.63. The van der Waals surface area contributed by atoms with Crippen LogP contribution in [0.3, 0.4) is 0 Å². The van der Waals surface area contributed by atoms with Crippen molar-refractivity contribution in [1.82, 2.24) is 0 Å². The van der Waals surface area contributed by atoms with E-state index in [4.69, 9.17) is 9.15 Å². The number of ether oxygens (including phenoxy) is 1. The second-order valence-electron chi connectivity index (χ2n) is 6.98. The summed E-state index contributed by atoms with van der Waals surface area (Å²) in [6, 6.07) is 21.4. The quantitative estimate of drug-likeness (QED) is 0.233. The number of nitrogens with zero attached hydrogens (tertiary/aromatic N) is 1. The van der Waals surface area contributed by atoms with Gasteiger partial charge in [-0.3, -0.25) is 4.79 Å². The summed E-state index contributed by atoms with van der Waals surface area (Å²) in [4.78, 5) is 26.1. The van der Waals surface area contributed by atoms with E-state index < -0.39 is 11.9 Å². The predicted molar refractivity (Wildman–Crippen MR) is 130 cm³/mol. The van der Waals surface area contributed by atoms with Crippen molar-refractivity contribution in [3.63, 3.8) is 0 Å². The van der Waals surface area contributed by atoms with E-state index in [1.165, 1.54) is 12.2 Å². The van der Waals surface area contributed by atoms with Gasteiger partial charge in [-0.1, -0.05) is 18.2 Å². The maximum Gasteiger partial charge on any atom is 0.331 e. The fourth-order valence-corrected chi connectivity index (χ4v) is 3.42. The molecule has 0 aliphatic rings. The number of carbonyl (C=O) groups excluding carboxylic acids is 2. The first kappa shape index (κ1) is 22.6. The van der Waals surface area contributed by atoms with Gasteiger partial charge in [0.05, 0.1) is 0 Å². The van der Waals surface area contributed by atoms with Crippen molar-refractivity contribution in [2.24, 2.45) is 0 Å². The number of carbonyl (C=O) groups is 2. The third-order valence-electron chi connectivity index (χ3n) is 4.30. The third-order valence-corrected chi connectivity index (χ3v) is 4.88. The van der Waals surface area contributed by atoms with E-state index in [1.807, 2.05) is 65.1 Å². The zero-order valence-corrected chi connectivity index (χ0v) is 19.4. The summed E-state index contributed by atoms with van der Waals surface area (Å²) in [7, 11) is 0. The molecule has 160 valence electrons. The minimum absolute atomic E-state index is 0.264. The van der Waals surface area contributed by atoms with Gasteiger partial charge in [-0.2, -0.15) is 0 Å². The number of nitrogens with one attached hydrogen (secondary N) is 1. The molecule has 0 bridgehead atoms. The van der Waals surface area contributed by atoms with Crippen molar-refractivity contribution in [3.05, 3.63) is 82.3 Å². The number of benzene rings is 2. The first-order chi connectivity index (χ1) is 14.9. The normalized spacial score (nSPS) is 11.0. The van der Waals surface area contributed by atoms with Gasteiger partial charge in [-0.05, 0) is 91.0 Å². The lowest BCUT2D eigenvalue weighted by molar-refractivity contribution is -0.142. The Labute approximate surface area is 195 Å². The van der Waals surface area contributed by atoms with Crippen LogP contribution in [0, 0.1) is 3.77 Å². The van der Waals surface area contributed by atoms with Crippen LogP contribution in [-0.2, 0) is 14.3 Å². The number of hydrogen-bond acceptors (Lipinski definition) is 5. The molecule has 0 spiro atoms. The van der Waals surface area contributed by atoms with E-state index >= 15 is 0 Å². The Morgan fingerprint density at radius 2 is 1.71 bits per heavy atom. The molecule has 0 aliphatic heterocycles. The zero-order valence-electron chi connectivity index (χ0n) is 17.2. The molecule has 1 heterocycles. The lowest BCUT2D eigenvalue weighted by Crippen LogP contribution is -2.25. The molecule has 0 saturated carbocycles. The first-order valence-electron chi connectivity index (χ1n) is 9.77. The van der Waals surface area contributed by atoms with Gasteiger partial charge in [0.15, 0.2) is 10.4 Å². The van der Waals surface area contributed by atoms with Gasteiger partial charge in [0.1, 0.15) is 5.76 Å². The van der Waals surface area contributed by atoms with Crippen LogP contribution in [0.4, 0.5) is 17.1 Å². The Bertz CT molecular complexity index is 1040. The second kappa shape index (κ2) is 10.8. The standard InChI is InChI=1S/C24H23IN2O4/c1-17(2)27(19-6-4-3-5-7-19)20-10-8-18(9-11-20)26-23(28)16-30-24(29)15-13-21-12-14-22(25)31-21/h3-15,17H,16H2,1-2H3,(H,26,28). The Kier molecular flexibility index (Phi) is 7.88. The van der Waals surface area contributed by atoms with E-state index in [-0.39, 0.29) is 12.6 Å². The van der Waals surface area contributed by atoms with Gasteiger partial charge in [-0.25, -0.2) is 4.79 Å². The fraction of sp³-hybridized carbons (Fsp3) is 0.167. The van der Waals surface area contributed by atoms with Crippen LogP contribution < -0.4 is 10.2 Å². The van der Waals surface area contributed by atoms with E-state index in [9.17, 15) is 9.59 Å². The summed E-state index contributed by atoms with van der Waals surface area (Å²) in [5, 5.41) is 2.73. The highest BCUT2D eigenvalue weighted by atomic mass is 127. The van der Waals surface area contributed by atoms with Crippen LogP contribution >= 0.6 is 22.6 Å². The Morgan fingerprint density at radius 1 is 1.03 bits per heavy atom. The van der Waals surface area contributed by atoms with Crippen molar-refractivity contribution in [1.29, 1.82) is 0 Å². The van der Waals surface area contributed by atoms with Gasteiger partial charge < -0.3 is 19.4 Å². The largest absolute Gasteiger partial charge is 0.452 e. The number of halogens is 1. The SMILES string of the molecule is CC(C)N(c1ccccc1)c1ccc(NC(=O)COC(=O)C=Cc2ccc(I)o2)cc1. The van der Waals surface area contributed by atoms with Gasteiger partial charge in [0, 0.05) is 29.2 Å². The maximum absolute atomic E-state index is 12.1. The molecule has 3 rings (SSSR count). The van der Waals surface area contributed by atoms with Crippen LogP contribution in [0.15, 0.2) is 77.2 Å². The molecule has 0 radical (unpaired) electrons. The molecule has 1 N–H and O–H groups in total. The highest BCUT2D eigenvalue weighted by Gasteiger charge is 2.13. The van der Waals surface area contributed by atoms with E-state index in [0.29, 0.717) is 11.4 Å². The number of anilines is 3. The molecule has 2 aromatic carbocycles. The van der Waals surface area contributed by atoms with Crippen molar-refractivity contribution in [2.45, 2.75) is 19.9 Å². The van der Waals surface area contributed by atoms with Gasteiger partial charge >= 0.3 is 5.97 Å². The van der Waals surface area contributed by atoms with Crippen LogP contribution in [-0.4, -0.2) is 24.5 Å². The first-order valence-corrected chi connectivity index (χ1v) is 10.8. The summed E-state index contributed by atoms with van der Waals surface area (Å²) in [5.41, 5.74) is 2.74. The molecule has 0 unspecified atom stereocenters. The summed E-state index contributed by atoms with van der Waals surface area (Å²) in [6.07, 6.45) is 2.72. The Morgan fingerprint density at radius 3 is 2.32 bits per heavy atom. The van der Waals surface area contributed by atoms with Crippen molar-refractivity contribution >= 4 is 57.6 Å². The molecular formula is C24H23IN2O4. The fourth-order valence-electron chi connectivity index (χ4n) is 2.99. The third kappa shape index (κ3) is 6.71. The molecule has 31 heavy (non-hydrogen) atoms. The topological polar surface area (TPSA) is 71.8 Å². The highest BCUT2D eigenvalue weighted by molar-refractivity contribution is 14.1. The number of esters is 1. The van der Waals surface area contributed by atoms with E-state index in [1.54, 1.807) is 12.1 Å². The Balaban J connectivity index is 1.53. The molecule has 0 fully saturated rings. The van der Waals surface area contributed by atoms with Crippen molar-refractivity contribution < 1.29 is 18.7 Å². The maximum atomic E-state index is 12.1. The minimum atomic E-state index is -0.618. The molecule has 6 nitrogen and oxygen atoms in total. The van der Waals surface area contributed by atoms with E-state index in [2.05, 4.69) is 36.2 Å². The molecule has 7 heteroatoms. The average Bonchev–Trinajstić information content (AvgIpc) is 3.18. The van der Waals surface area contributed by atoms with Crippen molar-refractivity contribution in [2.75, 3.05) is 16.8 Å². The lowest BCUT2D eigenvalue weighted by atomic mass is 10.2. The molecule has 0 atom stereocenters. The van der Waals surface area contributed by atoms with Gasteiger partial charge in [0.25, 0.3) is 5.91 Å². The van der Waals surface area contributed by atoms with Gasteiger partial charge in [-0.15, -0.1) is 0 Å². The summed E-state index contributed by atoms with van der Waals surface area (Å²) in [5.74, 6) is -0.491. The summed E-state index contributed by atoms with van der Waals surface area (Å²) in [6.45, 7) is 3.87. The Hall–Kier alpha value is -3.07. The number of rotatable bonds is 8. The summed E-state index contributed by atoms with van der Waals surface area (Å²) < 4.78 is 11.0. The van der Waals surface area contributed by atoms with Crippen LogP contribution in [0.25, 0.3) is 6.08 Å². The number of para-hydroxylation sites is 1. The monoisotopic (exact) mass is 530 g/mol. The molecule has 3 aromatic rings. The number of hydrogen-bond donors (Lipinski definition) is 1. The second-order valence-corrected chi connectivity index (χ2v) is 8.04. The highest BCUT2D eigenvalue weighted by Crippen LogP contribution is 2.28. The zero-order chi connectivity index (χ0) is 22.2. The smallest absolute Gasteiger partial charge is 0.331 e. The molecule has 1 amide bonds. The summed E-state index contributed by atoms with van der Waals surface area (Å²) >= 11 is 2.03.